The minimum atomic E-state index is -3.95. The standard InChI is InChI=1S/C14H21N3O4S/c1-8-12(7-15-17(8)5)22(20,21)16-13(19)11-6-10(9(2)18)14(11,3)4/h7,10-11H,6H2,1-5H3,(H,16,19)/t10-,11+/m0/s1. The van der Waals surface area contributed by atoms with Gasteiger partial charge in [-0.05, 0) is 25.7 Å². The lowest BCUT2D eigenvalue weighted by molar-refractivity contribution is -0.147. The molecule has 1 aromatic heterocycles. The van der Waals surface area contributed by atoms with Crippen molar-refractivity contribution >= 4 is 21.7 Å². The second-order valence-corrected chi connectivity index (χ2v) is 8.11. The number of nitrogens with zero attached hydrogens (tertiary/aromatic N) is 2. The maximum Gasteiger partial charge on any atom is 0.267 e. The second kappa shape index (κ2) is 5.19. The molecule has 1 amide bonds. The zero-order chi connectivity index (χ0) is 16.9. The van der Waals surface area contributed by atoms with Gasteiger partial charge >= 0.3 is 0 Å². The van der Waals surface area contributed by atoms with Crippen LogP contribution in [-0.4, -0.2) is 29.9 Å². The minimum Gasteiger partial charge on any atom is -0.300 e. The summed E-state index contributed by atoms with van der Waals surface area (Å²) >= 11 is 0. The van der Waals surface area contributed by atoms with E-state index in [1.54, 1.807) is 14.0 Å². The Balaban J connectivity index is 2.17. The van der Waals surface area contributed by atoms with Gasteiger partial charge in [0, 0.05) is 18.9 Å². The third-order valence-electron chi connectivity index (χ3n) is 4.79. The molecular formula is C14H21N3O4S. The van der Waals surface area contributed by atoms with Crippen molar-refractivity contribution in [3.63, 3.8) is 0 Å². The van der Waals surface area contributed by atoms with E-state index >= 15 is 0 Å². The molecule has 8 heteroatoms. The van der Waals surface area contributed by atoms with Crippen LogP contribution in [-0.2, 0) is 26.7 Å². The number of aromatic nitrogens is 2. The zero-order valence-electron chi connectivity index (χ0n) is 13.4. The summed E-state index contributed by atoms with van der Waals surface area (Å²) in [6.07, 6.45) is 1.60. The van der Waals surface area contributed by atoms with Gasteiger partial charge in [0.2, 0.25) is 5.91 Å². The van der Waals surface area contributed by atoms with Crippen LogP contribution in [0.3, 0.4) is 0 Å². The van der Waals surface area contributed by atoms with Crippen molar-refractivity contribution in [2.24, 2.45) is 24.3 Å². The molecule has 0 aromatic carbocycles. The molecule has 2 rings (SSSR count). The lowest BCUT2D eigenvalue weighted by Gasteiger charge is -2.49. The van der Waals surface area contributed by atoms with E-state index in [1.165, 1.54) is 17.8 Å². The topological polar surface area (TPSA) is 98.1 Å². The number of rotatable bonds is 4. The number of sulfonamides is 1. The maximum absolute atomic E-state index is 12.3. The molecular weight excluding hydrogens is 306 g/mol. The van der Waals surface area contributed by atoms with Gasteiger partial charge in [-0.3, -0.25) is 14.3 Å². The molecule has 1 heterocycles. The van der Waals surface area contributed by atoms with Crippen molar-refractivity contribution in [3.05, 3.63) is 11.9 Å². The van der Waals surface area contributed by atoms with E-state index in [0.29, 0.717) is 12.1 Å². The van der Waals surface area contributed by atoms with Crippen LogP contribution in [0.5, 0.6) is 0 Å². The third-order valence-corrected chi connectivity index (χ3v) is 6.24. The maximum atomic E-state index is 12.3. The van der Waals surface area contributed by atoms with Crippen LogP contribution in [0.15, 0.2) is 11.1 Å². The minimum absolute atomic E-state index is 0.0106. The Morgan fingerprint density at radius 1 is 1.36 bits per heavy atom. The van der Waals surface area contributed by atoms with Crippen molar-refractivity contribution < 1.29 is 18.0 Å². The van der Waals surface area contributed by atoms with Crippen molar-refractivity contribution in [1.29, 1.82) is 0 Å². The summed E-state index contributed by atoms with van der Waals surface area (Å²) in [5, 5.41) is 3.87. The van der Waals surface area contributed by atoms with Crippen LogP contribution >= 0.6 is 0 Å². The number of aryl methyl sites for hydroxylation is 1. The van der Waals surface area contributed by atoms with Gasteiger partial charge in [0.1, 0.15) is 10.7 Å². The fourth-order valence-corrected chi connectivity index (χ4v) is 4.29. The molecule has 0 spiro atoms. The number of ketones is 1. The quantitative estimate of drug-likeness (QED) is 0.881. The highest BCUT2D eigenvalue weighted by Gasteiger charge is 2.54. The van der Waals surface area contributed by atoms with Crippen LogP contribution in [0.1, 0.15) is 32.9 Å². The highest BCUT2D eigenvalue weighted by molar-refractivity contribution is 7.90. The Morgan fingerprint density at radius 2 is 1.95 bits per heavy atom. The Kier molecular flexibility index (Phi) is 3.93. The molecule has 0 unspecified atom stereocenters. The predicted molar refractivity (Wildman–Crippen MR) is 79.3 cm³/mol. The summed E-state index contributed by atoms with van der Waals surface area (Å²) in [5.41, 5.74) is -0.0788. The van der Waals surface area contributed by atoms with Crippen molar-refractivity contribution in [1.82, 2.24) is 14.5 Å². The van der Waals surface area contributed by atoms with Gasteiger partial charge in [0.15, 0.2) is 0 Å². The molecule has 1 aliphatic rings. The van der Waals surface area contributed by atoms with Crippen LogP contribution in [0.4, 0.5) is 0 Å². The van der Waals surface area contributed by atoms with Gasteiger partial charge in [0.05, 0.1) is 11.9 Å². The van der Waals surface area contributed by atoms with Crippen LogP contribution in [0.25, 0.3) is 0 Å². The monoisotopic (exact) mass is 327 g/mol. The number of hydrogen-bond donors (Lipinski definition) is 1. The van der Waals surface area contributed by atoms with Crippen molar-refractivity contribution in [2.75, 3.05) is 0 Å². The van der Waals surface area contributed by atoms with E-state index in [0.717, 1.165) is 0 Å². The molecule has 122 valence electrons. The van der Waals surface area contributed by atoms with Gasteiger partial charge < -0.3 is 0 Å². The summed E-state index contributed by atoms with van der Waals surface area (Å²) in [7, 11) is -2.32. The Hall–Kier alpha value is -1.70. The normalized spacial score (nSPS) is 23.7. The number of carbonyl (C=O) groups is 2. The molecule has 0 aliphatic heterocycles. The molecule has 1 saturated carbocycles. The van der Waals surface area contributed by atoms with E-state index in [4.69, 9.17) is 0 Å². The summed E-state index contributed by atoms with van der Waals surface area (Å²) < 4.78 is 28.1. The number of amides is 1. The van der Waals surface area contributed by atoms with Crippen molar-refractivity contribution in [3.8, 4) is 0 Å². The van der Waals surface area contributed by atoms with Crippen LogP contribution in [0, 0.1) is 24.2 Å². The third kappa shape index (κ3) is 2.55. The van der Waals surface area contributed by atoms with E-state index < -0.39 is 27.3 Å². The van der Waals surface area contributed by atoms with Gasteiger partial charge in [-0.2, -0.15) is 5.10 Å². The van der Waals surface area contributed by atoms with Crippen molar-refractivity contribution in [2.45, 2.75) is 39.0 Å². The fourth-order valence-electron chi connectivity index (χ4n) is 3.06. The Bertz CT molecular complexity index is 733. The van der Waals surface area contributed by atoms with E-state index in [1.807, 2.05) is 13.8 Å². The van der Waals surface area contributed by atoms with Gasteiger partial charge in [-0.25, -0.2) is 13.1 Å². The first-order chi connectivity index (χ1) is 9.98. The molecule has 0 bridgehead atoms. The first-order valence-corrected chi connectivity index (χ1v) is 8.52. The Morgan fingerprint density at radius 3 is 2.36 bits per heavy atom. The highest BCUT2D eigenvalue weighted by atomic mass is 32.2. The summed E-state index contributed by atoms with van der Waals surface area (Å²) in [5.74, 6) is -1.23. The summed E-state index contributed by atoms with van der Waals surface area (Å²) in [6, 6.07) is 0. The van der Waals surface area contributed by atoms with Gasteiger partial charge in [-0.15, -0.1) is 0 Å². The van der Waals surface area contributed by atoms with E-state index in [9.17, 15) is 18.0 Å². The lowest BCUT2D eigenvalue weighted by Crippen LogP contribution is -2.55. The number of Topliss-reactive ketones (excluding diaryl/α,β-unsaturated/α-hetero) is 1. The SMILES string of the molecule is CC(=O)[C@@H]1C[C@H](C(=O)NS(=O)(=O)c2cnn(C)c2C)C1(C)C. The average molecular weight is 327 g/mol. The molecule has 22 heavy (non-hydrogen) atoms. The molecule has 0 radical (unpaired) electrons. The predicted octanol–water partition coefficient (Wildman–Crippen LogP) is 0.785. The number of carbonyl (C=O) groups excluding carboxylic acids is 2. The zero-order valence-corrected chi connectivity index (χ0v) is 14.2. The molecule has 2 atom stereocenters. The average Bonchev–Trinajstić information content (AvgIpc) is 2.68. The largest absolute Gasteiger partial charge is 0.300 e. The summed E-state index contributed by atoms with van der Waals surface area (Å²) in [6.45, 7) is 6.74. The second-order valence-electron chi connectivity index (χ2n) is 6.46. The van der Waals surface area contributed by atoms with Gasteiger partial charge in [-0.1, -0.05) is 13.8 Å². The molecule has 7 nitrogen and oxygen atoms in total. The van der Waals surface area contributed by atoms with Crippen LogP contribution < -0.4 is 4.72 Å². The fraction of sp³-hybridized carbons (Fsp3) is 0.643. The summed E-state index contributed by atoms with van der Waals surface area (Å²) in [4.78, 5) is 23.8. The molecule has 1 aliphatic carbocycles. The van der Waals surface area contributed by atoms with E-state index in [2.05, 4.69) is 9.82 Å². The first kappa shape index (κ1) is 16.7. The van der Waals surface area contributed by atoms with E-state index in [-0.39, 0.29) is 16.6 Å². The lowest BCUT2D eigenvalue weighted by atomic mass is 9.53. The Labute approximate surface area is 130 Å². The highest BCUT2D eigenvalue weighted by Crippen LogP contribution is 2.51. The molecule has 1 aromatic rings. The molecule has 0 saturated heterocycles. The van der Waals surface area contributed by atoms with Gasteiger partial charge in [0.25, 0.3) is 10.0 Å². The van der Waals surface area contributed by atoms with Crippen LogP contribution in [0.2, 0.25) is 0 Å². The first-order valence-electron chi connectivity index (χ1n) is 7.04. The smallest absolute Gasteiger partial charge is 0.267 e. The number of nitrogens with one attached hydrogen (secondary N) is 1. The molecule has 1 N–H and O–H groups in total. The number of hydrogen-bond acceptors (Lipinski definition) is 5. The molecule has 1 fully saturated rings.